The molecule has 1 aromatic carbocycles. The van der Waals surface area contributed by atoms with Gasteiger partial charge in [-0.3, -0.25) is 0 Å². The van der Waals surface area contributed by atoms with E-state index in [1.54, 1.807) is 33.8 Å². The summed E-state index contributed by atoms with van der Waals surface area (Å²) in [7, 11) is 0. The summed E-state index contributed by atoms with van der Waals surface area (Å²) >= 11 is 0. The smallest absolute Gasteiger partial charge is 0.408 e. The van der Waals surface area contributed by atoms with E-state index >= 15 is 0 Å². The van der Waals surface area contributed by atoms with Crippen molar-refractivity contribution in [2.75, 3.05) is 6.61 Å². The van der Waals surface area contributed by atoms with Crippen LogP contribution in [0.25, 0.3) is 0 Å². The van der Waals surface area contributed by atoms with Gasteiger partial charge in [0.1, 0.15) is 17.0 Å². The van der Waals surface area contributed by atoms with Crippen LogP contribution in [0.2, 0.25) is 0 Å². The number of ether oxygens (including phenoxy) is 2. The van der Waals surface area contributed by atoms with Gasteiger partial charge in [0, 0.05) is 12.8 Å². The number of amides is 1. The second kappa shape index (κ2) is 6.18. The fourth-order valence-corrected chi connectivity index (χ4v) is 2.70. The Hall–Kier alpha value is -2.11. The zero-order valence-electron chi connectivity index (χ0n) is 13.9. The van der Waals surface area contributed by atoms with Gasteiger partial charge in [-0.05, 0) is 51.0 Å². The molecular weight excluding hydrogens is 301 g/mol. The molecule has 0 bridgehead atoms. The van der Waals surface area contributed by atoms with Crippen molar-refractivity contribution in [2.45, 2.75) is 51.7 Å². The van der Waals surface area contributed by atoms with Crippen LogP contribution in [-0.4, -0.2) is 29.8 Å². The molecule has 1 amide bonds. The van der Waals surface area contributed by atoms with Crippen LogP contribution in [0.5, 0.6) is 0 Å². The van der Waals surface area contributed by atoms with Crippen LogP contribution in [0.4, 0.5) is 9.18 Å². The molecule has 1 atom stereocenters. The van der Waals surface area contributed by atoms with Crippen molar-refractivity contribution in [3.63, 3.8) is 0 Å². The molecule has 0 saturated carbocycles. The Morgan fingerprint density at radius 3 is 2.52 bits per heavy atom. The molecule has 23 heavy (non-hydrogen) atoms. The van der Waals surface area contributed by atoms with Crippen LogP contribution in [0.1, 0.15) is 38.8 Å². The highest BCUT2D eigenvalue weighted by molar-refractivity contribution is 5.87. The minimum absolute atomic E-state index is 0.179. The minimum atomic E-state index is -1.26. The molecule has 0 unspecified atom stereocenters. The van der Waals surface area contributed by atoms with Crippen LogP contribution >= 0.6 is 0 Å². The Bertz CT molecular complexity index is 624. The number of benzene rings is 1. The number of rotatable bonds is 3. The van der Waals surface area contributed by atoms with Crippen molar-refractivity contribution >= 4 is 12.1 Å². The molecule has 0 radical (unpaired) electrons. The third-order valence-electron chi connectivity index (χ3n) is 3.56. The van der Waals surface area contributed by atoms with Crippen molar-refractivity contribution < 1.29 is 23.5 Å². The first-order chi connectivity index (χ1) is 10.6. The highest BCUT2D eigenvalue weighted by atomic mass is 19.1. The molecule has 0 aromatic heterocycles. The van der Waals surface area contributed by atoms with Gasteiger partial charge < -0.3 is 14.8 Å². The number of nitrogens with one attached hydrogen (secondary N) is 1. The molecule has 6 heteroatoms. The van der Waals surface area contributed by atoms with Crippen molar-refractivity contribution in [1.82, 2.24) is 5.32 Å². The molecular formula is C17H22FNO4. The third-order valence-corrected chi connectivity index (χ3v) is 3.56. The highest BCUT2D eigenvalue weighted by Crippen LogP contribution is 2.32. The lowest BCUT2D eigenvalue weighted by molar-refractivity contribution is -0.150. The first-order valence-electron chi connectivity index (χ1n) is 7.61. The van der Waals surface area contributed by atoms with E-state index in [1.807, 2.05) is 0 Å². The quantitative estimate of drug-likeness (QED) is 0.869. The molecule has 2 rings (SSSR count). The van der Waals surface area contributed by atoms with Crippen molar-refractivity contribution in [3.05, 3.63) is 35.1 Å². The highest BCUT2D eigenvalue weighted by Gasteiger charge is 2.47. The average molecular weight is 323 g/mol. The van der Waals surface area contributed by atoms with Gasteiger partial charge in [-0.1, -0.05) is 6.07 Å². The number of hydrogen-bond acceptors (Lipinski definition) is 4. The van der Waals surface area contributed by atoms with Crippen LogP contribution in [0.15, 0.2) is 18.2 Å². The summed E-state index contributed by atoms with van der Waals surface area (Å²) in [6, 6.07) is 4.35. The zero-order valence-corrected chi connectivity index (χ0v) is 13.9. The lowest BCUT2D eigenvalue weighted by Crippen LogP contribution is -2.57. The molecule has 0 saturated heterocycles. The van der Waals surface area contributed by atoms with Gasteiger partial charge in [0.05, 0.1) is 6.61 Å². The molecule has 0 heterocycles. The second-order valence-corrected chi connectivity index (χ2v) is 6.70. The summed E-state index contributed by atoms with van der Waals surface area (Å²) in [4.78, 5) is 24.6. The van der Waals surface area contributed by atoms with Crippen LogP contribution in [0.3, 0.4) is 0 Å². The van der Waals surface area contributed by atoms with E-state index in [0.29, 0.717) is 5.56 Å². The summed E-state index contributed by atoms with van der Waals surface area (Å²) in [6.07, 6.45) is -0.266. The van der Waals surface area contributed by atoms with Crippen LogP contribution in [-0.2, 0) is 27.1 Å². The van der Waals surface area contributed by atoms with E-state index in [0.717, 1.165) is 5.56 Å². The van der Waals surface area contributed by atoms with Gasteiger partial charge in [-0.15, -0.1) is 0 Å². The number of hydrogen-bond donors (Lipinski definition) is 1. The topological polar surface area (TPSA) is 64.6 Å². The molecule has 0 spiro atoms. The normalized spacial score (nSPS) is 19.9. The van der Waals surface area contributed by atoms with E-state index in [9.17, 15) is 14.0 Å². The van der Waals surface area contributed by atoms with Gasteiger partial charge >= 0.3 is 12.1 Å². The lowest BCUT2D eigenvalue weighted by atomic mass is 9.96. The summed E-state index contributed by atoms with van der Waals surface area (Å²) in [5, 5.41) is 2.64. The maximum absolute atomic E-state index is 13.4. The first kappa shape index (κ1) is 17.2. The fourth-order valence-electron chi connectivity index (χ4n) is 2.70. The van der Waals surface area contributed by atoms with Gasteiger partial charge in [0.25, 0.3) is 0 Å². The number of halogens is 1. The number of esters is 1. The SMILES string of the molecule is CCOC(=O)[C@]1(NC(=O)OC(C)(C)C)Cc2ccc(F)cc2C1. The Morgan fingerprint density at radius 2 is 1.91 bits per heavy atom. The Morgan fingerprint density at radius 1 is 1.26 bits per heavy atom. The van der Waals surface area contributed by atoms with Gasteiger partial charge in [-0.2, -0.15) is 0 Å². The summed E-state index contributed by atoms with van der Waals surface area (Å²) in [6.45, 7) is 7.11. The monoisotopic (exact) mass is 323 g/mol. The lowest BCUT2D eigenvalue weighted by Gasteiger charge is -2.29. The molecule has 0 fully saturated rings. The number of fused-ring (bicyclic) bond motifs is 1. The molecule has 0 aliphatic heterocycles. The van der Waals surface area contributed by atoms with Gasteiger partial charge in [0.15, 0.2) is 0 Å². The Balaban J connectivity index is 2.26. The third kappa shape index (κ3) is 4.00. The predicted octanol–water partition coefficient (Wildman–Crippen LogP) is 2.75. The van der Waals surface area contributed by atoms with Crippen molar-refractivity contribution in [2.24, 2.45) is 0 Å². The zero-order chi connectivity index (χ0) is 17.3. The molecule has 1 N–H and O–H groups in total. The first-order valence-corrected chi connectivity index (χ1v) is 7.61. The Kier molecular flexibility index (Phi) is 4.63. The minimum Gasteiger partial charge on any atom is -0.464 e. The number of carbonyl (C=O) groups is 2. The molecule has 126 valence electrons. The van der Waals surface area contributed by atoms with E-state index in [-0.39, 0.29) is 25.3 Å². The number of alkyl carbamates (subject to hydrolysis) is 1. The molecule has 1 aliphatic carbocycles. The average Bonchev–Trinajstić information content (AvgIpc) is 2.75. The fraction of sp³-hybridized carbons (Fsp3) is 0.529. The van der Waals surface area contributed by atoms with Gasteiger partial charge in [-0.25, -0.2) is 14.0 Å². The van der Waals surface area contributed by atoms with Crippen LogP contribution in [0, 0.1) is 5.82 Å². The predicted molar refractivity (Wildman–Crippen MR) is 82.5 cm³/mol. The molecule has 1 aromatic rings. The van der Waals surface area contributed by atoms with E-state index < -0.39 is 23.2 Å². The van der Waals surface area contributed by atoms with Crippen molar-refractivity contribution in [1.29, 1.82) is 0 Å². The van der Waals surface area contributed by atoms with E-state index in [4.69, 9.17) is 9.47 Å². The van der Waals surface area contributed by atoms with Crippen LogP contribution < -0.4 is 5.32 Å². The number of carbonyl (C=O) groups excluding carboxylic acids is 2. The standard InChI is InChI=1S/C17H22FNO4/c1-5-22-14(20)17(19-15(21)23-16(2,3)4)9-11-6-7-13(18)8-12(11)10-17/h6-8H,5,9-10H2,1-4H3,(H,19,21)/t17-/m0/s1. The van der Waals surface area contributed by atoms with E-state index in [2.05, 4.69) is 5.32 Å². The van der Waals surface area contributed by atoms with Gasteiger partial charge in [0.2, 0.25) is 0 Å². The second-order valence-electron chi connectivity index (χ2n) is 6.70. The summed E-state index contributed by atoms with van der Waals surface area (Å²) in [5.41, 5.74) is -0.434. The molecule has 1 aliphatic rings. The largest absolute Gasteiger partial charge is 0.464 e. The maximum Gasteiger partial charge on any atom is 0.408 e. The van der Waals surface area contributed by atoms with E-state index in [1.165, 1.54) is 12.1 Å². The maximum atomic E-state index is 13.4. The molecule has 5 nitrogen and oxygen atoms in total. The summed E-state index contributed by atoms with van der Waals surface area (Å²) < 4.78 is 23.8. The van der Waals surface area contributed by atoms with Crippen molar-refractivity contribution in [3.8, 4) is 0 Å². The Labute approximate surface area is 135 Å². The summed E-state index contributed by atoms with van der Waals surface area (Å²) in [5.74, 6) is -0.914.